The van der Waals surface area contributed by atoms with E-state index < -0.39 is 12.1 Å². The summed E-state index contributed by atoms with van der Waals surface area (Å²) in [7, 11) is 0. The number of amides is 1. The van der Waals surface area contributed by atoms with E-state index in [2.05, 4.69) is 16.9 Å². The van der Waals surface area contributed by atoms with Gasteiger partial charge in [0.25, 0.3) is 11.9 Å². The highest BCUT2D eigenvalue weighted by molar-refractivity contribution is 5.80. The summed E-state index contributed by atoms with van der Waals surface area (Å²) in [6.45, 7) is 5.35. The van der Waals surface area contributed by atoms with Gasteiger partial charge in [-0.1, -0.05) is 6.08 Å². The third kappa shape index (κ3) is 3.34. The number of hydrogen-bond acceptors (Lipinski definition) is 3. The highest BCUT2D eigenvalue weighted by Crippen LogP contribution is 2.14. The highest BCUT2D eigenvalue weighted by Gasteiger charge is 2.15. The van der Waals surface area contributed by atoms with E-state index in [9.17, 15) is 9.18 Å². The number of carbonyl (C=O) groups is 1. The molecule has 0 aliphatic heterocycles. The van der Waals surface area contributed by atoms with Crippen molar-refractivity contribution < 1.29 is 13.9 Å². The first kappa shape index (κ1) is 12.2. The Bertz CT molecular complexity index is 382. The quantitative estimate of drug-likeness (QED) is 0.605. The summed E-state index contributed by atoms with van der Waals surface area (Å²) in [5.41, 5.74) is 0. The van der Waals surface area contributed by atoms with Gasteiger partial charge in [0, 0.05) is 12.7 Å². The molecule has 1 unspecified atom stereocenters. The van der Waals surface area contributed by atoms with Crippen molar-refractivity contribution in [2.75, 3.05) is 6.54 Å². The van der Waals surface area contributed by atoms with Gasteiger partial charge in [0.15, 0.2) is 11.9 Å². The van der Waals surface area contributed by atoms with Crippen LogP contribution in [0, 0.1) is 5.95 Å². The van der Waals surface area contributed by atoms with Crippen LogP contribution in [-0.2, 0) is 4.79 Å². The minimum Gasteiger partial charge on any atom is -0.476 e. The molecule has 1 aromatic rings. The van der Waals surface area contributed by atoms with Crippen molar-refractivity contribution in [1.82, 2.24) is 10.3 Å². The molecule has 0 saturated heterocycles. The van der Waals surface area contributed by atoms with E-state index in [4.69, 9.17) is 4.74 Å². The maximum absolute atomic E-state index is 13.1. The number of pyridine rings is 1. The molecule has 1 rings (SSSR count). The Morgan fingerprint density at radius 1 is 1.81 bits per heavy atom. The third-order valence-corrected chi connectivity index (χ3v) is 1.82. The molecule has 0 aromatic carbocycles. The number of hydrogen-bond donors (Lipinski definition) is 1. The lowest BCUT2D eigenvalue weighted by Crippen LogP contribution is -2.36. The molecular weight excluding hydrogens is 211 g/mol. The number of nitrogens with zero attached hydrogens (tertiary/aromatic N) is 1. The van der Waals surface area contributed by atoms with Crippen molar-refractivity contribution >= 4 is 5.91 Å². The van der Waals surface area contributed by atoms with Gasteiger partial charge in [0.2, 0.25) is 0 Å². The number of ether oxygens (including phenoxy) is 1. The maximum atomic E-state index is 13.1. The zero-order valence-electron chi connectivity index (χ0n) is 8.94. The fourth-order valence-electron chi connectivity index (χ4n) is 1.02. The summed E-state index contributed by atoms with van der Waals surface area (Å²) in [5, 5.41) is 2.55. The van der Waals surface area contributed by atoms with E-state index in [0.29, 0.717) is 6.54 Å². The van der Waals surface area contributed by atoms with Crippen LogP contribution in [0.4, 0.5) is 4.39 Å². The molecule has 1 amide bonds. The SMILES string of the molecule is C=CCNC(=O)C(C)Oc1cccnc1F. The monoisotopic (exact) mass is 224 g/mol. The lowest BCUT2D eigenvalue weighted by atomic mass is 10.3. The van der Waals surface area contributed by atoms with Crippen LogP contribution in [0.3, 0.4) is 0 Å². The summed E-state index contributed by atoms with van der Waals surface area (Å²) < 4.78 is 18.2. The molecule has 1 aromatic heterocycles. The molecule has 0 bridgehead atoms. The van der Waals surface area contributed by atoms with Crippen LogP contribution in [0.1, 0.15) is 6.92 Å². The fourth-order valence-corrected chi connectivity index (χ4v) is 1.02. The van der Waals surface area contributed by atoms with Crippen LogP contribution in [0.5, 0.6) is 5.75 Å². The Hall–Kier alpha value is -1.91. The van der Waals surface area contributed by atoms with Crippen molar-refractivity contribution in [2.45, 2.75) is 13.0 Å². The number of carbonyl (C=O) groups excluding carboxylic acids is 1. The summed E-state index contributed by atoms with van der Waals surface area (Å²) in [4.78, 5) is 14.8. The van der Waals surface area contributed by atoms with Crippen LogP contribution in [0.2, 0.25) is 0 Å². The Labute approximate surface area is 93.1 Å². The van der Waals surface area contributed by atoms with Crippen LogP contribution in [-0.4, -0.2) is 23.5 Å². The molecule has 1 N–H and O–H groups in total. The van der Waals surface area contributed by atoms with Gasteiger partial charge in [0.05, 0.1) is 0 Å². The van der Waals surface area contributed by atoms with E-state index in [0.717, 1.165) is 0 Å². The minimum absolute atomic E-state index is 0.0382. The first-order chi connectivity index (χ1) is 7.65. The Morgan fingerprint density at radius 3 is 3.19 bits per heavy atom. The predicted molar refractivity (Wildman–Crippen MR) is 57.5 cm³/mol. The number of halogens is 1. The van der Waals surface area contributed by atoms with E-state index >= 15 is 0 Å². The van der Waals surface area contributed by atoms with Crippen LogP contribution < -0.4 is 10.1 Å². The van der Waals surface area contributed by atoms with E-state index in [-0.39, 0.29) is 11.7 Å². The second kappa shape index (κ2) is 5.85. The molecule has 4 nitrogen and oxygen atoms in total. The topological polar surface area (TPSA) is 51.2 Å². The highest BCUT2D eigenvalue weighted by atomic mass is 19.1. The van der Waals surface area contributed by atoms with Gasteiger partial charge >= 0.3 is 0 Å². The van der Waals surface area contributed by atoms with Gasteiger partial charge in [-0.2, -0.15) is 4.39 Å². The average Bonchev–Trinajstić information content (AvgIpc) is 2.28. The van der Waals surface area contributed by atoms with Gasteiger partial charge in [-0.3, -0.25) is 4.79 Å². The number of aromatic nitrogens is 1. The van der Waals surface area contributed by atoms with Crippen LogP contribution in [0.15, 0.2) is 31.0 Å². The van der Waals surface area contributed by atoms with Gasteiger partial charge in [-0.15, -0.1) is 6.58 Å². The smallest absolute Gasteiger partial charge is 0.261 e. The van der Waals surface area contributed by atoms with Gasteiger partial charge in [-0.05, 0) is 19.1 Å². The largest absolute Gasteiger partial charge is 0.476 e. The molecule has 0 aliphatic rings. The Morgan fingerprint density at radius 2 is 2.56 bits per heavy atom. The lowest BCUT2D eigenvalue weighted by Gasteiger charge is -2.13. The molecule has 0 fully saturated rings. The average molecular weight is 224 g/mol. The van der Waals surface area contributed by atoms with Crippen molar-refractivity contribution in [2.24, 2.45) is 0 Å². The third-order valence-electron chi connectivity index (χ3n) is 1.82. The lowest BCUT2D eigenvalue weighted by molar-refractivity contribution is -0.127. The zero-order valence-corrected chi connectivity index (χ0v) is 8.94. The van der Waals surface area contributed by atoms with Gasteiger partial charge < -0.3 is 10.1 Å². The predicted octanol–water partition coefficient (Wildman–Crippen LogP) is 1.29. The molecule has 1 atom stereocenters. The van der Waals surface area contributed by atoms with Crippen molar-refractivity contribution in [3.63, 3.8) is 0 Å². The summed E-state index contributed by atoms with van der Waals surface area (Å²) in [6.07, 6.45) is 2.08. The zero-order chi connectivity index (χ0) is 12.0. The first-order valence-corrected chi connectivity index (χ1v) is 4.81. The molecular formula is C11H13FN2O2. The standard InChI is InChI=1S/C11H13FN2O2/c1-3-6-14-11(15)8(2)16-9-5-4-7-13-10(9)12/h3-5,7-8H,1,6H2,2H3,(H,14,15). The van der Waals surface area contributed by atoms with Gasteiger partial charge in [-0.25, -0.2) is 4.98 Å². The van der Waals surface area contributed by atoms with Gasteiger partial charge in [0.1, 0.15) is 0 Å². The molecule has 16 heavy (non-hydrogen) atoms. The summed E-state index contributed by atoms with van der Waals surface area (Å²) in [6, 6.07) is 2.95. The van der Waals surface area contributed by atoms with Crippen LogP contribution >= 0.6 is 0 Å². The molecule has 0 saturated carbocycles. The fraction of sp³-hybridized carbons (Fsp3) is 0.273. The normalized spacial score (nSPS) is 11.6. The van der Waals surface area contributed by atoms with Crippen molar-refractivity contribution in [3.05, 3.63) is 36.9 Å². The summed E-state index contributed by atoms with van der Waals surface area (Å²) in [5.74, 6) is -1.10. The molecule has 1 heterocycles. The van der Waals surface area contributed by atoms with E-state index in [1.165, 1.54) is 25.3 Å². The summed E-state index contributed by atoms with van der Waals surface area (Å²) >= 11 is 0. The second-order valence-electron chi connectivity index (χ2n) is 3.09. The molecule has 0 radical (unpaired) electrons. The number of nitrogens with one attached hydrogen (secondary N) is 1. The van der Waals surface area contributed by atoms with Crippen molar-refractivity contribution in [1.29, 1.82) is 0 Å². The van der Waals surface area contributed by atoms with E-state index in [1.54, 1.807) is 6.08 Å². The van der Waals surface area contributed by atoms with Crippen molar-refractivity contribution in [3.8, 4) is 5.75 Å². The van der Waals surface area contributed by atoms with Crippen LogP contribution in [0.25, 0.3) is 0 Å². The number of rotatable bonds is 5. The first-order valence-electron chi connectivity index (χ1n) is 4.81. The Balaban J connectivity index is 2.57. The second-order valence-corrected chi connectivity index (χ2v) is 3.09. The maximum Gasteiger partial charge on any atom is 0.261 e. The molecule has 5 heteroatoms. The van der Waals surface area contributed by atoms with E-state index in [1.807, 2.05) is 0 Å². The molecule has 86 valence electrons. The minimum atomic E-state index is -0.779. The molecule has 0 spiro atoms. The molecule has 0 aliphatic carbocycles. The Kier molecular flexibility index (Phi) is 4.44.